The topological polar surface area (TPSA) is 27.3 Å². The molecule has 3 heteroatoms. The number of nitrogens with zero attached hydrogens (tertiary/aromatic N) is 1. The Kier molecular flexibility index (Phi) is 4.58. The van der Waals surface area contributed by atoms with Gasteiger partial charge in [0.1, 0.15) is 0 Å². The molecule has 1 fully saturated rings. The van der Waals surface area contributed by atoms with Crippen molar-refractivity contribution in [2.75, 3.05) is 33.7 Å². The van der Waals surface area contributed by atoms with Crippen LogP contribution >= 0.6 is 0 Å². The number of hydrazine groups is 1. The van der Waals surface area contributed by atoms with Crippen molar-refractivity contribution in [3.8, 4) is 0 Å². The number of likely N-dealkylation sites (N-methyl/N-ethyl adjacent to an activating group) is 1. The fourth-order valence-corrected chi connectivity index (χ4v) is 1.14. The van der Waals surface area contributed by atoms with E-state index in [0.29, 0.717) is 0 Å². The van der Waals surface area contributed by atoms with Gasteiger partial charge in [0.2, 0.25) is 0 Å². The molecule has 2 N–H and O–H groups in total. The summed E-state index contributed by atoms with van der Waals surface area (Å²) >= 11 is 0. The largest absolute Gasteiger partial charge is 0.308 e. The van der Waals surface area contributed by atoms with Crippen molar-refractivity contribution >= 4 is 0 Å². The summed E-state index contributed by atoms with van der Waals surface area (Å²) in [6.07, 6.45) is 4.26. The second-order valence-corrected chi connectivity index (χ2v) is 3.89. The van der Waals surface area contributed by atoms with E-state index >= 15 is 0 Å². The molecule has 3 nitrogen and oxygen atoms in total. The molecule has 0 saturated heterocycles. The summed E-state index contributed by atoms with van der Waals surface area (Å²) in [6.45, 7) is 3.24. The van der Waals surface area contributed by atoms with Gasteiger partial charge < -0.3 is 4.90 Å². The van der Waals surface area contributed by atoms with E-state index in [1.807, 2.05) is 0 Å². The minimum absolute atomic E-state index is 1.03. The Morgan fingerprint density at radius 2 is 1.83 bits per heavy atom. The summed E-state index contributed by atoms with van der Waals surface area (Å²) in [7, 11) is 4.18. The van der Waals surface area contributed by atoms with Gasteiger partial charge in [0.15, 0.2) is 0 Å². The number of hydrogen-bond donors (Lipinski definition) is 2. The Morgan fingerprint density at radius 3 is 2.42 bits per heavy atom. The van der Waals surface area contributed by atoms with Crippen LogP contribution in [0.2, 0.25) is 0 Å². The Morgan fingerprint density at radius 1 is 1.17 bits per heavy atom. The van der Waals surface area contributed by atoms with E-state index in [0.717, 1.165) is 25.6 Å². The molecule has 72 valence electrons. The van der Waals surface area contributed by atoms with E-state index in [-0.39, 0.29) is 0 Å². The van der Waals surface area contributed by atoms with Gasteiger partial charge in [0.25, 0.3) is 0 Å². The highest BCUT2D eigenvalue weighted by Crippen LogP contribution is 2.31. The van der Waals surface area contributed by atoms with Crippen LogP contribution in [0.25, 0.3) is 0 Å². The Bertz CT molecular complexity index is 104. The van der Waals surface area contributed by atoms with Crippen molar-refractivity contribution < 1.29 is 0 Å². The van der Waals surface area contributed by atoms with Crippen LogP contribution in [0.3, 0.4) is 0 Å². The molecule has 1 aliphatic rings. The first-order valence-electron chi connectivity index (χ1n) is 4.89. The van der Waals surface area contributed by atoms with Crippen LogP contribution in [0, 0.1) is 5.92 Å². The van der Waals surface area contributed by atoms with Crippen molar-refractivity contribution in [1.29, 1.82) is 0 Å². The van der Waals surface area contributed by atoms with Crippen LogP contribution in [-0.2, 0) is 0 Å². The standard InChI is InChI=1S/C9H21N3/c1-12(2)8-7-11-10-6-5-9-3-4-9/h9-11H,3-8H2,1-2H3. The lowest BCUT2D eigenvalue weighted by molar-refractivity contribution is 0.380. The molecule has 0 amide bonds. The zero-order valence-electron chi connectivity index (χ0n) is 8.27. The highest BCUT2D eigenvalue weighted by atomic mass is 15.4. The summed E-state index contributed by atoms with van der Waals surface area (Å²) in [6, 6.07) is 0. The summed E-state index contributed by atoms with van der Waals surface area (Å²) in [5.74, 6) is 1.04. The molecule has 0 aromatic heterocycles. The van der Waals surface area contributed by atoms with Gasteiger partial charge >= 0.3 is 0 Å². The predicted octanol–water partition coefficient (Wildman–Crippen LogP) is 0.442. The maximum absolute atomic E-state index is 3.24. The number of nitrogens with one attached hydrogen (secondary N) is 2. The fourth-order valence-electron chi connectivity index (χ4n) is 1.14. The molecule has 1 rings (SSSR count). The monoisotopic (exact) mass is 171 g/mol. The molecule has 0 heterocycles. The molecule has 1 saturated carbocycles. The highest BCUT2D eigenvalue weighted by Gasteiger charge is 2.19. The van der Waals surface area contributed by atoms with Crippen LogP contribution in [0.4, 0.5) is 0 Å². The van der Waals surface area contributed by atoms with Gasteiger partial charge in [-0.25, -0.2) is 0 Å². The molecule has 0 bridgehead atoms. The minimum atomic E-state index is 1.03. The molecular formula is C9H21N3. The number of hydrogen-bond acceptors (Lipinski definition) is 3. The molecule has 0 atom stereocenters. The second-order valence-electron chi connectivity index (χ2n) is 3.89. The van der Waals surface area contributed by atoms with Crippen molar-refractivity contribution in [2.24, 2.45) is 5.92 Å². The molecule has 0 spiro atoms. The molecule has 0 aliphatic heterocycles. The molecular weight excluding hydrogens is 150 g/mol. The van der Waals surface area contributed by atoms with Gasteiger partial charge in [-0.15, -0.1) is 0 Å². The molecule has 0 radical (unpaired) electrons. The molecule has 1 aliphatic carbocycles. The zero-order valence-corrected chi connectivity index (χ0v) is 8.27. The first-order valence-corrected chi connectivity index (χ1v) is 4.89. The maximum atomic E-state index is 3.24. The van der Waals surface area contributed by atoms with Crippen molar-refractivity contribution in [3.05, 3.63) is 0 Å². The fraction of sp³-hybridized carbons (Fsp3) is 1.00. The lowest BCUT2D eigenvalue weighted by Crippen LogP contribution is -2.37. The van der Waals surface area contributed by atoms with Gasteiger partial charge in [0, 0.05) is 19.6 Å². The third kappa shape index (κ3) is 5.52. The van der Waals surface area contributed by atoms with Gasteiger partial charge in [-0.2, -0.15) is 0 Å². The zero-order chi connectivity index (χ0) is 8.81. The second kappa shape index (κ2) is 5.51. The van der Waals surface area contributed by atoms with Crippen LogP contribution in [0.5, 0.6) is 0 Å². The minimum Gasteiger partial charge on any atom is -0.308 e. The van der Waals surface area contributed by atoms with E-state index in [1.54, 1.807) is 0 Å². The molecule has 0 aromatic carbocycles. The number of rotatable bonds is 7. The van der Waals surface area contributed by atoms with Gasteiger partial charge in [0.05, 0.1) is 0 Å². The SMILES string of the molecule is CN(C)CCNNCCC1CC1. The third-order valence-electron chi connectivity index (χ3n) is 2.18. The van der Waals surface area contributed by atoms with Crippen LogP contribution in [-0.4, -0.2) is 38.6 Å². The third-order valence-corrected chi connectivity index (χ3v) is 2.18. The van der Waals surface area contributed by atoms with Crippen molar-refractivity contribution in [3.63, 3.8) is 0 Å². The smallest absolute Gasteiger partial charge is 0.0227 e. The van der Waals surface area contributed by atoms with Crippen LogP contribution < -0.4 is 10.9 Å². The van der Waals surface area contributed by atoms with Gasteiger partial charge in [-0.1, -0.05) is 12.8 Å². The lowest BCUT2D eigenvalue weighted by atomic mass is 10.3. The van der Waals surface area contributed by atoms with Crippen LogP contribution in [0.1, 0.15) is 19.3 Å². The maximum Gasteiger partial charge on any atom is 0.0227 e. The summed E-state index contributed by atoms with van der Waals surface area (Å²) in [5, 5.41) is 0. The molecule has 0 unspecified atom stereocenters. The first-order chi connectivity index (χ1) is 5.79. The quantitative estimate of drug-likeness (QED) is 0.430. The Labute approximate surface area is 75.5 Å². The Balaban J connectivity index is 1.70. The van der Waals surface area contributed by atoms with E-state index in [2.05, 4.69) is 29.8 Å². The average molecular weight is 171 g/mol. The van der Waals surface area contributed by atoms with Crippen LogP contribution in [0.15, 0.2) is 0 Å². The van der Waals surface area contributed by atoms with E-state index in [9.17, 15) is 0 Å². The van der Waals surface area contributed by atoms with Crippen molar-refractivity contribution in [2.45, 2.75) is 19.3 Å². The van der Waals surface area contributed by atoms with E-state index < -0.39 is 0 Å². The van der Waals surface area contributed by atoms with E-state index in [4.69, 9.17) is 0 Å². The van der Waals surface area contributed by atoms with Gasteiger partial charge in [-0.3, -0.25) is 10.9 Å². The summed E-state index contributed by atoms with van der Waals surface area (Å²) < 4.78 is 0. The van der Waals surface area contributed by atoms with Gasteiger partial charge in [-0.05, 0) is 26.4 Å². The Hall–Kier alpha value is -0.120. The van der Waals surface area contributed by atoms with Crippen molar-refractivity contribution in [1.82, 2.24) is 15.8 Å². The highest BCUT2D eigenvalue weighted by molar-refractivity contribution is 4.73. The first kappa shape index (κ1) is 9.96. The summed E-state index contributed by atoms with van der Waals surface area (Å²) in [5.41, 5.74) is 6.44. The average Bonchev–Trinajstić information content (AvgIpc) is 2.79. The van der Waals surface area contributed by atoms with E-state index in [1.165, 1.54) is 19.3 Å². The molecule has 0 aromatic rings. The predicted molar refractivity (Wildman–Crippen MR) is 51.9 cm³/mol. The normalized spacial score (nSPS) is 17.2. The summed E-state index contributed by atoms with van der Waals surface area (Å²) in [4.78, 5) is 2.18. The molecule has 12 heavy (non-hydrogen) atoms. The lowest BCUT2D eigenvalue weighted by Gasteiger charge is -2.10.